The maximum atomic E-state index is 12.5. The van der Waals surface area contributed by atoms with Crippen LogP contribution in [0.3, 0.4) is 0 Å². The summed E-state index contributed by atoms with van der Waals surface area (Å²) in [6, 6.07) is 0. The number of hydrogen-bond donors (Lipinski definition) is 1. The van der Waals surface area contributed by atoms with Gasteiger partial charge in [-0.05, 0) is 5.69 Å². The van der Waals surface area contributed by atoms with Crippen LogP contribution in [-0.4, -0.2) is 0 Å². The average molecular weight is 197 g/mol. The lowest BCUT2D eigenvalue weighted by Gasteiger charge is -2.17. The summed E-state index contributed by atoms with van der Waals surface area (Å²) >= 11 is 0. The smallest absolute Gasteiger partial charge is 0.200 e. The molecular formula is C6H2F5N2-. The van der Waals surface area contributed by atoms with Crippen molar-refractivity contribution in [3.05, 3.63) is 34.5 Å². The standard InChI is InChI=1S/C6H2F5N2/c7-1-2(8)4(10)6(13-12)5(11)3(1)9/h12H2/q-1. The minimum Gasteiger partial charge on any atom is -0.620 e. The fourth-order valence-corrected chi connectivity index (χ4v) is 0.707. The molecule has 0 heterocycles. The van der Waals surface area contributed by atoms with Crippen molar-refractivity contribution < 1.29 is 22.0 Å². The van der Waals surface area contributed by atoms with Crippen LogP contribution in [0, 0.1) is 29.1 Å². The lowest BCUT2D eigenvalue weighted by Crippen LogP contribution is -2.02. The molecule has 0 aliphatic heterocycles. The van der Waals surface area contributed by atoms with E-state index in [0.29, 0.717) is 0 Å². The fourth-order valence-electron chi connectivity index (χ4n) is 0.707. The van der Waals surface area contributed by atoms with E-state index >= 15 is 0 Å². The third-order valence-corrected chi connectivity index (χ3v) is 1.32. The molecule has 72 valence electrons. The lowest BCUT2D eigenvalue weighted by molar-refractivity contribution is 0.382. The third-order valence-electron chi connectivity index (χ3n) is 1.32. The van der Waals surface area contributed by atoms with Gasteiger partial charge in [-0.1, -0.05) is 0 Å². The summed E-state index contributed by atoms with van der Waals surface area (Å²) < 4.78 is 62.0. The van der Waals surface area contributed by atoms with Crippen molar-refractivity contribution >= 4 is 5.69 Å². The fraction of sp³-hybridized carbons (Fsp3) is 0. The Morgan fingerprint density at radius 2 is 1.00 bits per heavy atom. The summed E-state index contributed by atoms with van der Waals surface area (Å²) in [5.41, 5.74) is 1.06. The molecular weight excluding hydrogens is 195 g/mol. The Morgan fingerprint density at radius 1 is 0.692 bits per heavy atom. The van der Waals surface area contributed by atoms with Gasteiger partial charge in [0.2, 0.25) is 0 Å². The molecule has 1 aromatic carbocycles. The molecule has 0 amide bonds. The van der Waals surface area contributed by atoms with E-state index in [4.69, 9.17) is 0 Å². The van der Waals surface area contributed by atoms with E-state index in [2.05, 4.69) is 11.3 Å². The van der Waals surface area contributed by atoms with Crippen LogP contribution in [0.15, 0.2) is 0 Å². The normalized spacial score (nSPS) is 10.3. The van der Waals surface area contributed by atoms with Crippen LogP contribution in [0.25, 0.3) is 5.43 Å². The van der Waals surface area contributed by atoms with E-state index in [1.165, 1.54) is 0 Å². The second-order valence-electron chi connectivity index (χ2n) is 2.05. The second kappa shape index (κ2) is 3.17. The number of rotatable bonds is 1. The molecule has 0 unspecified atom stereocenters. The minimum absolute atomic E-state index is 1.38. The summed E-state index contributed by atoms with van der Waals surface area (Å²) in [6.45, 7) is 0. The Hall–Kier alpha value is -1.37. The number of benzene rings is 1. The molecule has 0 aromatic heterocycles. The molecule has 13 heavy (non-hydrogen) atoms. The van der Waals surface area contributed by atoms with Gasteiger partial charge in [-0.2, -0.15) is 0 Å². The first-order valence-corrected chi connectivity index (χ1v) is 2.93. The summed E-state index contributed by atoms with van der Waals surface area (Å²) in [5, 5.41) is 0. The Kier molecular flexibility index (Phi) is 2.37. The topological polar surface area (TPSA) is 40.1 Å². The molecule has 0 saturated heterocycles. The van der Waals surface area contributed by atoms with Gasteiger partial charge < -0.3 is 11.3 Å². The van der Waals surface area contributed by atoms with Crippen LogP contribution in [0.1, 0.15) is 0 Å². The van der Waals surface area contributed by atoms with E-state index in [0.717, 1.165) is 0 Å². The number of hydrogen-bond acceptors (Lipinski definition) is 1. The molecule has 2 nitrogen and oxygen atoms in total. The molecule has 0 aliphatic carbocycles. The molecule has 0 saturated carbocycles. The average Bonchev–Trinajstić information content (AvgIpc) is 2.13. The van der Waals surface area contributed by atoms with Crippen molar-refractivity contribution in [2.75, 3.05) is 0 Å². The molecule has 0 bridgehead atoms. The van der Waals surface area contributed by atoms with Crippen molar-refractivity contribution in [2.24, 2.45) is 5.84 Å². The first-order valence-electron chi connectivity index (χ1n) is 2.93. The van der Waals surface area contributed by atoms with Gasteiger partial charge in [0.05, 0.1) is 0 Å². The zero-order valence-electron chi connectivity index (χ0n) is 5.91. The molecule has 2 N–H and O–H groups in total. The van der Waals surface area contributed by atoms with Gasteiger partial charge in [-0.25, -0.2) is 22.0 Å². The first-order chi connectivity index (χ1) is 6.00. The molecule has 0 spiro atoms. The van der Waals surface area contributed by atoms with Crippen molar-refractivity contribution in [3.63, 3.8) is 0 Å². The van der Waals surface area contributed by atoms with Gasteiger partial charge in [-0.15, -0.1) is 0 Å². The lowest BCUT2D eigenvalue weighted by atomic mass is 10.2. The number of halogens is 5. The second-order valence-corrected chi connectivity index (χ2v) is 2.05. The van der Waals surface area contributed by atoms with E-state index in [-0.39, 0.29) is 0 Å². The highest BCUT2D eigenvalue weighted by molar-refractivity contribution is 5.50. The maximum absolute atomic E-state index is 12.5. The zero-order valence-corrected chi connectivity index (χ0v) is 5.91. The van der Waals surface area contributed by atoms with Crippen LogP contribution in [0.2, 0.25) is 0 Å². The third kappa shape index (κ3) is 1.31. The summed E-state index contributed by atoms with van der Waals surface area (Å²) in [5.74, 6) is -6.02. The largest absolute Gasteiger partial charge is 0.620 e. The van der Waals surface area contributed by atoms with Gasteiger partial charge in [0, 0.05) is 0 Å². The SMILES string of the molecule is N[N-]c1c(F)c(F)c(F)c(F)c1F. The number of nitrogens with two attached hydrogens (primary N) is 1. The van der Waals surface area contributed by atoms with E-state index in [9.17, 15) is 22.0 Å². The molecule has 1 rings (SSSR count). The van der Waals surface area contributed by atoms with E-state index < -0.39 is 34.8 Å². The maximum Gasteiger partial charge on any atom is 0.200 e. The van der Waals surface area contributed by atoms with Crippen molar-refractivity contribution in [2.45, 2.75) is 0 Å². The monoisotopic (exact) mass is 197 g/mol. The summed E-state index contributed by atoms with van der Waals surface area (Å²) in [6.07, 6.45) is 0. The van der Waals surface area contributed by atoms with Crippen molar-refractivity contribution in [1.29, 1.82) is 0 Å². The first kappa shape index (κ1) is 9.72. The van der Waals surface area contributed by atoms with E-state index in [1.54, 1.807) is 0 Å². The van der Waals surface area contributed by atoms with Gasteiger partial charge in [0.1, 0.15) is 0 Å². The van der Waals surface area contributed by atoms with Crippen LogP contribution < -0.4 is 5.84 Å². The Bertz CT molecular complexity index is 322. The van der Waals surface area contributed by atoms with Gasteiger partial charge >= 0.3 is 0 Å². The highest BCUT2D eigenvalue weighted by Crippen LogP contribution is 2.30. The van der Waals surface area contributed by atoms with Crippen molar-refractivity contribution in [1.82, 2.24) is 0 Å². The number of nitrogens with zero attached hydrogens (tertiary/aromatic N) is 1. The van der Waals surface area contributed by atoms with Gasteiger partial charge in [0.15, 0.2) is 29.1 Å². The summed E-state index contributed by atoms with van der Waals surface area (Å²) in [4.78, 5) is 0. The highest BCUT2D eigenvalue weighted by atomic mass is 19.2. The van der Waals surface area contributed by atoms with Gasteiger partial charge in [0.25, 0.3) is 0 Å². The molecule has 7 heteroatoms. The van der Waals surface area contributed by atoms with E-state index in [1.807, 2.05) is 0 Å². The molecule has 0 radical (unpaired) electrons. The van der Waals surface area contributed by atoms with Crippen molar-refractivity contribution in [3.8, 4) is 0 Å². The quantitative estimate of drug-likeness (QED) is 0.242. The molecule has 0 fully saturated rings. The summed E-state index contributed by atoms with van der Waals surface area (Å²) in [7, 11) is 0. The van der Waals surface area contributed by atoms with Crippen LogP contribution in [0.5, 0.6) is 0 Å². The molecule has 0 atom stereocenters. The van der Waals surface area contributed by atoms with Gasteiger partial charge in [-0.3, -0.25) is 0 Å². The Balaban J connectivity index is 3.56. The predicted molar refractivity (Wildman–Crippen MR) is 33.4 cm³/mol. The van der Waals surface area contributed by atoms with Crippen LogP contribution >= 0.6 is 0 Å². The Labute approximate surface area is 69.1 Å². The minimum atomic E-state index is -2.23. The van der Waals surface area contributed by atoms with Crippen LogP contribution in [-0.2, 0) is 0 Å². The Morgan fingerprint density at radius 3 is 1.31 bits per heavy atom. The predicted octanol–water partition coefficient (Wildman–Crippen LogP) is 2.26. The van der Waals surface area contributed by atoms with Crippen LogP contribution in [0.4, 0.5) is 27.6 Å². The zero-order chi connectivity index (χ0) is 10.2. The molecule has 1 aromatic rings. The highest BCUT2D eigenvalue weighted by Gasteiger charge is 2.20. The molecule has 0 aliphatic rings.